The van der Waals surface area contributed by atoms with Crippen molar-refractivity contribution in [3.8, 4) is 91.3 Å². The molecule has 602 valence electrons. The molecule has 24 nitrogen and oxygen atoms in total. The predicted molar refractivity (Wildman–Crippen MR) is 428 cm³/mol. The minimum Gasteiger partial charge on any atom is -0.508 e. The van der Waals surface area contributed by atoms with E-state index in [-0.39, 0.29) is 156 Å². The molecule has 6 atom stereocenters. The third-order valence-corrected chi connectivity index (χ3v) is 22.7. The Bertz CT molecular complexity index is 5920. The number of phenolic OH excluding ortho intramolecular Hbond substituents is 8. The Hall–Kier alpha value is -11.0. The van der Waals surface area contributed by atoms with Gasteiger partial charge < -0.3 is 93.6 Å². The van der Waals surface area contributed by atoms with Crippen LogP contribution in [0.15, 0.2) is 182 Å². The van der Waals surface area contributed by atoms with Crippen LogP contribution in [0.4, 0.5) is 13.2 Å². The number of aryl methyl sites for hydroxylation is 1. The van der Waals surface area contributed by atoms with E-state index >= 15 is 0 Å². The quantitative estimate of drug-likeness (QED) is 0.0535. The number of β-amino-alcohol motifs (C(OH)–C–C–N with tert-alkyl or cyclic N) is 1. The fourth-order valence-electron chi connectivity index (χ4n) is 16.1. The number of aliphatic hydroxyl groups excluding tert-OH is 4. The fourth-order valence-corrected chi connectivity index (χ4v) is 16.6. The van der Waals surface area contributed by atoms with Crippen molar-refractivity contribution in [2.45, 2.75) is 93.8 Å². The number of fused-ring (bicyclic) bond motifs is 4. The van der Waals surface area contributed by atoms with Gasteiger partial charge in [0.2, 0.25) is 5.75 Å². The lowest BCUT2D eigenvalue weighted by Gasteiger charge is -2.34. The lowest BCUT2D eigenvalue weighted by molar-refractivity contribution is -0.137. The summed E-state index contributed by atoms with van der Waals surface area (Å²) in [6.45, 7) is 5.44. The molecule has 0 bridgehead atoms. The average molecular weight is 1620 g/mol. The molecule has 8 heterocycles. The molecule has 29 heteroatoms. The molecule has 0 amide bonds. The summed E-state index contributed by atoms with van der Waals surface area (Å²) in [6, 6.07) is 36.4. The summed E-state index contributed by atoms with van der Waals surface area (Å²) in [7, 11) is 5.67. The molecule has 4 saturated heterocycles. The molecule has 4 aromatic heterocycles. The molecule has 0 saturated carbocycles. The summed E-state index contributed by atoms with van der Waals surface area (Å²) in [5, 5.41) is 124. The van der Waals surface area contributed by atoms with Crippen molar-refractivity contribution in [2.24, 2.45) is 0 Å². The Morgan fingerprint density at radius 3 is 1.37 bits per heavy atom. The van der Waals surface area contributed by atoms with Crippen LogP contribution in [0, 0.1) is 6.92 Å². The lowest BCUT2D eigenvalue weighted by Crippen LogP contribution is -2.40. The smallest absolute Gasteiger partial charge is 0.416 e. The summed E-state index contributed by atoms with van der Waals surface area (Å²) in [5.41, 5.74) is 1.81. The zero-order chi connectivity index (χ0) is 82.3. The molecule has 6 unspecified atom stereocenters. The molecular formula is C86H83Cl2F3N4O20. The summed E-state index contributed by atoms with van der Waals surface area (Å²) in [6.07, 6.45) is -2.55. The molecule has 8 aromatic carbocycles. The van der Waals surface area contributed by atoms with Crippen molar-refractivity contribution in [2.75, 3.05) is 73.6 Å². The van der Waals surface area contributed by atoms with E-state index in [0.29, 0.717) is 108 Å². The number of aromatic hydroxyl groups is 8. The van der Waals surface area contributed by atoms with Gasteiger partial charge in [0.25, 0.3) is 0 Å². The second kappa shape index (κ2) is 33.9. The summed E-state index contributed by atoms with van der Waals surface area (Å²) in [5.74, 6) is -3.05. The number of hydrogen-bond donors (Lipinski definition) is 12. The molecule has 115 heavy (non-hydrogen) atoms. The number of alkyl halides is 3. The molecule has 4 aliphatic rings. The number of halogens is 5. The number of piperidine rings is 2. The lowest BCUT2D eigenvalue weighted by atomic mass is 9.85. The number of likely N-dealkylation sites (N-methyl/N-ethyl adjacent to an activating group) is 3. The van der Waals surface area contributed by atoms with Gasteiger partial charge in [-0.05, 0) is 122 Å². The number of likely N-dealkylation sites (tertiary alicyclic amines) is 4. The number of nitrogens with zero attached hydrogens (tertiary/aromatic N) is 4. The zero-order valence-electron chi connectivity index (χ0n) is 62.6. The van der Waals surface area contributed by atoms with Gasteiger partial charge in [0.1, 0.15) is 84.7 Å². The van der Waals surface area contributed by atoms with Crippen LogP contribution < -0.4 is 21.7 Å². The van der Waals surface area contributed by atoms with E-state index in [9.17, 15) is 93.6 Å². The van der Waals surface area contributed by atoms with Gasteiger partial charge in [0.05, 0.1) is 52.0 Å². The van der Waals surface area contributed by atoms with Crippen LogP contribution in [0.25, 0.3) is 89.2 Å². The Balaban J connectivity index is 0.000000134. The zero-order valence-corrected chi connectivity index (χ0v) is 64.1. The summed E-state index contributed by atoms with van der Waals surface area (Å²) < 4.78 is 63.0. The number of rotatable bonds is 11. The molecule has 12 N–H and O–H groups in total. The maximum atomic E-state index is 13.0. The van der Waals surface area contributed by atoms with E-state index in [0.717, 1.165) is 42.9 Å². The van der Waals surface area contributed by atoms with Crippen LogP contribution in [0.5, 0.6) is 46.0 Å². The first-order valence-electron chi connectivity index (χ1n) is 37.1. The SMILES string of the molecule is CN1CCC(c2c(O)cc(O)c3c(=O)cc(-c4ccccc4)oc23)C1CO.CN1CCC(c2c(O)cc(O)c3c(=O)cc(-c4ccccc4Cl)oc23)C(O)C1.Cc1cc(O)c(C2CCN(C)C2CO)c2oc(-c3ccc(C(F)(F)F)cc3Cl)cc(=O)c12.O=c1cc(-c2ccccc2)oc2c(CN3CCC(O)CC3)c(O)c(O)c(O)c12. The number of benzene rings is 8. The van der Waals surface area contributed by atoms with E-state index in [1.54, 1.807) is 43.3 Å². The van der Waals surface area contributed by atoms with Crippen LogP contribution in [0.1, 0.15) is 83.2 Å². The minimum atomic E-state index is -4.56. The van der Waals surface area contributed by atoms with Crippen LogP contribution >= 0.6 is 23.2 Å². The van der Waals surface area contributed by atoms with Gasteiger partial charge in [0, 0.05) is 131 Å². The highest BCUT2D eigenvalue weighted by Crippen LogP contribution is 2.50. The van der Waals surface area contributed by atoms with E-state index in [1.165, 1.54) is 36.4 Å². The number of hydrogen-bond acceptors (Lipinski definition) is 24. The largest absolute Gasteiger partial charge is 0.508 e. The van der Waals surface area contributed by atoms with Crippen LogP contribution in [0.3, 0.4) is 0 Å². The van der Waals surface area contributed by atoms with Crippen molar-refractivity contribution in [3.63, 3.8) is 0 Å². The first-order chi connectivity index (χ1) is 54.8. The first kappa shape index (κ1) is 82.0. The normalized spacial score (nSPS) is 19.1. The second-order valence-corrected chi connectivity index (χ2v) is 30.2. The monoisotopic (exact) mass is 1620 g/mol. The third kappa shape index (κ3) is 16.6. The van der Waals surface area contributed by atoms with Crippen LogP contribution in [-0.2, 0) is 12.7 Å². The van der Waals surface area contributed by atoms with Gasteiger partial charge >= 0.3 is 6.18 Å². The van der Waals surface area contributed by atoms with Crippen molar-refractivity contribution >= 4 is 67.1 Å². The highest BCUT2D eigenvalue weighted by atomic mass is 35.5. The highest BCUT2D eigenvalue weighted by Gasteiger charge is 2.40. The van der Waals surface area contributed by atoms with Gasteiger partial charge in [-0.25, -0.2) is 0 Å². The van der Waals surface area contributed by atoms with Crippen LogP contribution in [0.2, 0.25) is 10.0 Å². The standard InChI is InChI=1S/C23H21ClF3NO4.C21H20ClNO5.C21H21NO6.C21H21NO5/c1-11-7-17(30)21(14-5-6-28(2)16(14)10-29)22-20(11)18(31)9-19(32-22)13-4-3-12(8-15(13)24)23(25,26)27;1-23-7-6-12(17(27)10-23)19-14(24)8-15(25)20-16(26)9-18(28-21(19)20)11-4-2-3-5-13(11)22;23-13-6-8-22(9-7-13)11-14-18(25)20(27)19(26)17-15(24)10-16(28-21(14)17)12-4-2-1-3-5-12;1-22-8-7-13(14(22)11-23)19-15(24)9-16(25)20-17(26)10-18(27-21(19)20)12-5-3-2-4-6-12/h3-4,7-9,14,16,29-30H,5-6,10H2,1-2H3;2-5,8-9,12,17,24-25,27H,6-7,10H2,1H3;1-5,10,13,23,25-27H,6-9,11H2;2-6,9-10,13-14,23-25H,7-8,11H2,1H3. The van der Waals surface area contributed by atoms with E-state index in [1.807, 2.05) is 89.3 Å². The molecule has 4 fully saturated rings. The van der Waals surface area contributed by atoms with Gasteiger partial charge in [-0.3, -0.25) is 24.1 Å². The van der Waals surface area contributed by atoms with E-state index in [4.69, 9.17) is 40.9 Å². The van der Waals surface area contributed by atoms with Crippen molar-refractivity contribution in [1.29, 1.82) is 0 Å². The van der Waals surface area contributed by atoms with Gasteiger partial charge in [-0.1, -0.05) is 96.0 Å². The average Bonchev–Trinajstić information content (AvgIpc) is 1.75. The molecule has 12 aromatic rings. The first-order valence-corrected chi connectivity index (χ1v) is 37.8. The molecule has 0 radical (unpaired) electrons. The third-order valence-electron chi connectivity index (χ3n) is 22.1. The predicted octanol–water partition coefficient (Wildman–Crippen LogP) is 13.4. The Labute approximate surface area is 664 Å². The van der Waals surface area contributed by atoms with Crippen molar-refractivity contribution in [1.82, 2.24) is 19.6 Å². The molecule has 0 spiro atoms. The summed E-state index contributed by atoms with van der Waals surface area (Å²) >= 11 is 12.4. The van der Waals surface area contributed by atoms with Crippen molar-refractivity contribution < 1.29 is 92.1 Å². The van der Waals surface area contributed by atoms with Gasteiger partial charge in [-0.2, -0.15) is 13.2 Å². The van der Waals surface area contributed by atoms with E-state index < -0.39 is 57.3 Å². The Morgan fingerprint density at radius 1 is 0.443 bits per heavy atom. The maximum absolute atomic E-state index is 13.0. The topological polar surface area (TPSA) is 377 Å². The minimum absolute atomic E-state index is 0.000579. The van der Waals surface area contributed by atoms with Crippen LogP contribution in [-0.4, -0.2) is 179 Å². The fraction of sp³-hybridized carbons (Fsp3) is 0.302. The number of phenols is 8. The Morgan fingerprint density at radius 2 is 0.878 bits per heavy atom. The highest BCUT2D eigenvalue weighted by molar-refractivity contribution is 6.33. The number of aliphatic hydroxyl groups is 4. The van der Waals surface area contributed by atoms with Gasteiger partial charge in [-0.15, -0.1) is 0 Å². The molecule has 16 rings (SSSR count). The second-order valence-electron chi connectivity index (χ2n) is 29.4. The summed E-state index contributed by atoms with van der Waals surface area (Å²) in [4.78, 5) is 59.1. The Kier molecular flexibility index (Phi) is 24.2. The molecule has 4 aliphatic heterocycles. The molecular weight excluding hydrogens is 1540 g/mol. The van der Waals surface area contributed by atoms with E-state index in [2.05, 4.69) is 0 Å². The van der Waals surface area contributed by atoms with Crippen molar-refractivity contribution in [3.05, 3.63) is 230 Å². The van der Waals surface area contributed by atoms with Gasteiger partial charge in [0.15, 0.2) is 38.8 Å². The molecule has 0 aliphatic carbocycles. The maximum Gasteiger partial charge on any atom is 0.416 e.